The molecule has 6 rings (SSSR count). The SMILES string of the molecule is COC(=O)[C@H]1C[C@@H]2[C@H]([C@@H](O)C[C@@]3(C)[C@H]2CC[C@@]32OCOC23COCO3)[C@@]2(C)C=CC(=O)C=C12. The van der Waals surface area contributed by atoms with Gasteiger partial charge >= 0.3 is 5.97 Å². The molecule has 1 unspecified atom stereocenters. The first-order chi connectivity index (χ1) is 15.7. The number of methoxy groups -OCH3 is 1. The van der Waals surface area contributed by atoms with E-state index < -0.39 is 34.2 Å². The molecule has 2 saturated heterocycles. The number of aliphatic hydroxyl groups excluding tert-OH is 1. The van der Waals surface area contributed by atoms with E-state index in [2.05, 4.69) is 13.8 Å². The number of ether oxygens (including phenoxy) is 5. The van der Waals surface area contributed by atoms with Crippen molar-refractivity contribution in [2.45, 2.75) is 57.0 Å². The number of carbonyl (C=O) groups is 2. The molecule has 0 amide bonds. The van der Waals surface area contributed by atoms with Gasteiger partial charge in [-0.3, -0.25) is 9.59 Å². The van der Waals surface area contributed by atoms with E-state index in [1.54, 1.807) is 12.2 Å². The van der Waals surface area contributed by atoms with Gasteiger partial charge in [-0.25, -0.2) is 0 Å². The molecule has 0 aromatic rings. The van der Waals surface area contributed by atoms with Gasteiger partial charge in [0.25, 0.3) is 0 Å². The van der Waals surface area contributed by atoms with Crippen molar-refractivity contribution in [1.82, 2.24) is 0 Å². The Kier molecular flexibility index (Phi) is 4.64. The van der Waals surface area contributed by atoms with Crippen molar-refractivity contribution in [3.8, 4) is 0 Å². The highest BCUT2D eigenvalue weighted by Crippen LogP contribution is 2.71. The summed E-state index contributed by atoms with van der Waals surface area (Å²) in [5.74, 6) is -1.81. The number of esters is 1. The lowest BCUT2D eigenvalue weighted by atomic mass is 9.44. The highest BCUT2D eigenvalue weighted by Gasteiger charge is 2.77. The van der Waals surface area contributed by atoms with Crippen LogP contribution >= 0.6 is 0 Å². The average molecular weight is 461 g/mol. The van der Waals surface area contributed by atoms with Gasteiger partial charge < -0.3 is 28.8 Å². The van der Waals surface area contributed by atoms with Crippen molar-refractivity contribution >= 4 is 11.8 Å². The van der Waals surface area contributed by atoms with Crippen molar-refractivity contribution in [3.05, 3.63) is 23.8 Å². The van der Waals surface area contributed by atoms with Crippen LogP contribution in [0.25, 0.3) is 0 Å². The van der Waals surface area contributed by atoms with Gasteiger partial charge in [0.1, 0.15) is 12.2 Å². The topological polar surface area (TPSA) is 101 Å². The van der Waals surface area contributed by atoms with Crippen LogP contribution in [0.15, 0.2) is 23.8 Å². The summed E-state index contributed by atoms with van der Waals surface area (Å²) in [4.78, 5) is 25.2. The van der Waals surface area contributed by atoms with Crippen LogP contribution in [0.2, 0.25) is 0 Å². The average Bonchev–Trinajstić information content (AvgIpc) is 3.48. The van der Waals surface area contributed by atoms with E-state index in [1.165, 1.54) is 7.11 Å². The number of rotatable bonds is 1. The van der Waals surface area contributed by atoms with E-state index in [9.17, 15) is 14.7 Å². The summed E-state index contributed by atoms with van der Waals surface area (Å²) in [5.41, 5.74) is -0.972. The van der Waals surface area contributed by atoms with Gasteiger partial charge in [-0.05, 0) is 55.2 Å². The molecular formula is C25H32O8. The largest absolute Gasteiger partial charge is 0.469 e. The normalized spacial score (nSPS) is 52.5. The van der Waals surface area contributed by atoms with Crippen LogP contribution in [-0.2, 0) is 33.3 Å². The molecule has 2 spiro atoms. The number of ketones is 1. The molecular weight excluding hydrogens is 428 g/mol. The third kappa shape index (κ3) is 2.54. The van der Waals surface area contributed by atoms with Crippen molar-refractivity contribution in [1.29, 1.82) is 0 Å². The third-order valence-electron chi connectivity index (χ3n) is 10.0. The van der Waals surface area contributed by atoms with Gasteiger partial charge in [-0.15, -0.1) is 0 Å². The lowest BCUT2D eigenvalue weighted by molar-refractivity contribution is -0.257. The Morgan fingerprint density at radius 2 is 2.00 bits per heavy atom. The third-order valence-corrected chi connectivity index (χ3v) is 10.0. The fourth-order valence-electron chi connectivity index (χ4n) is 8.76. The van der Waals surface area contributed by atoms with E-state index >= 15 is 0 Å². The van der Waals surface area contributed by atoms with Crippen molar-refractivity contribution in [2.75, 3.05) is 27.3 Å². The molecule has 8 nitrogen and oxygen atoms in total. The molecule has 5 fully saturated rings. The molecule has 8 heteroatoms. The first-order valence-corrected chi connectivity index (χ1v) is 11.9. The molecule has 33 heavy (non-hydrogen) atoms. The minimum Gasteiger partial charge on any atom is -0.469 e. The summed E-state index contributed by atoms with van der Waals surface area (Å²) in [6.45, 7) is 4.84. The molecule has 0 radical (unpaired) electrons. The van der Waals surface area contributed by atoms with Crippen molar-refractivity contribution in [2.24, 2.45) is 34.5 Å². The molecule has 4 aliphatic carbocycles. The number of aliphatic hydroxyl groups is 1. The summed E-state index contributed by atoms with van der Waals surface area (Å²) < 4.78 is 29.2. The molecule has 0 aromatic heterocycles. The van der Waals surface area contributed by atoms with E-state index in [0.717, 1.165) is 18.4 Å². The molecule has 180 valence electrons. The Hall–Kier alpha value is -1.58. The van der Waals surface area contributed by atoms with Crippen LogP contribution in [0.1, 0.15) is 39.5 Å². The molecule has 3 saturated carbocycles. The van der Waals surface area contributed by atoms with Crippen molar-refractivity contribution < 1.29 is 38.4 Å². The summed E-state index contributed by atoms with van der Waals surface area (Å²) in [6.07, 6.45) is 7.11. The fourth-order valence-corrected chi connectivity index (χ4v) is 8.76. The van der Waals surface area contributed by atoms with Gasteiger partial charge in [-0.1, -0.05) is 19.9 Å². The Labute approximate surface area is 193 Å². The van der Waals surface area contributed by atoms with E-state index in [-0.39, 0.29) is 43.1 Å². The number of hydrogen-bond acceptors (Lipinski definition) is 8. The molecule has 0 bridgehead atoms. The van der Waals surface area contributed by atoms with Gasteiger partial charge in [0.15, 0.2) is 19.4 Å². The van der Waals surface area contributed by atoms with Crippen LogP contribution in [0.4, 0.5) is 0 Å². The molecule has 9 atom stereocenters. The summed E-state index contributed by atoms with van der Waals surface area (Å²) in [5, 5.41) is 11.7. The van der Waals surface area contributed by atoms with Gasteiger partial charge in [0.2, 0.25) is 5.79 Å². The number of fused-ring (bicyclic) bond motifs is 7. The fraction of sp³-hybridized carbons (Fsp3) is 0.760. The minimum absolute atomic E-state index is 0.0470. The van der Waals surface area contributed by atoms with Gasteiger partial charge in [0, 0.05) is 16.7 Å². The maximum atomic E-state index is 12.9. The van der Waals surface area contributed by atoms with E-state index in [1.807, 2.05) is 6.08 Å². The van der Waals surface area contributed by atoms with E-state index in [4.69, 9.17) is 23.7 Å². The zero-order valence-electron chi connectivity index (χ0n) is 19.4. The first kappa shape index (κ1) is 21.9. The van der Waals surface area contributed by atoms with Crippen LogP contribution < -0.4 is 0 Å². The second-order valence-corrected chi connectivity index (χ2v) is 11.1. The number of carbonyl (C=O) groups excluding carboxylic acids is 2. The number of allylic oxidation sites excluding steroid dienone is 3. The molecule has 1 N–H and O–H groups in total. The summed E-state index contributed by atoms with van der Waals surface area (Å²) in [6, 6.07) is 0. The first-order valence-electron chi connectivity index (χ1n) is 11.9. The lowest BCUT2D eigenvalue weighted by Crippen LogP contribution is -2.66. The maximum absolute atomic E-state index is 12.9. The number of hydrogen-bond donors (Lipinski definition) is 1. The zero-order valence-corrected chi connectivity index (χ0v) is 19.4. The molecule has 0 aromatic carbocycles. The Morgan fingerprint density at radius 1 is 1.21 bits per heavy atom. The maximum Gasteiger partial charge on any atom is 0.312 e. The predicted octanol–water partition coefficient (Wildman–Crippen LogP) is 2.11. The highest BCUT2D eigenvalue weighted by molar-refractivity contribution is 6.02. The van der Waals surface area contributed by atoms with Gasteiger partial charge in [-0.2, -0.15) is 0 Å². The van der Waals surface area contributed by atoms with Crippen LogP contribution in [0.3, 0.4) is 0 Å². The standard InChI is InChI=1S/C25H32O8/c1-22-6-4-14(26)8-18(22)16(21(28)29-3)9-15-17-5-7-24(23(17,2)10-19(27)20(15)22)25(33-13-31-24)11-30-12-32-25/h4,6,8,15-17,19-20,27H,5,7,9-13H2,1-3H3/t15-,16-,17-,19-,20+,22-,23-,24+,25?/m0/s1. The van der Waals surface area contributed by atoms with Gasteiger partial charge in [0.05, 0.1) is 19.1 Å². The minimum atomic E-state index is -0.967. The second kappa shape index (κ2) is 6.98. The highest BCUT2D eigenvalue weighted by atomic mass is 16.9. The monoisotopic (exact) mass is 460 g/mol. The quantitative estimate of drug-likeness (QED) is 0.594. The summed E-state index contributed by atoms with van der Waals surface area (Å²) >= 11 is 0. The molecule has 2 heterocycles. The Balaban J connectivity index is 1.45. The summed E-state index contributed by atoms with van der Waals surface area (Å²) in [7, 11) is 1.39. The van der Waals surface area contributed by atoms with Crippen LogP contribution in [-0.4, -0.2) is 61.7 Å². The molecule has 6 aliphatic rings. The predicted molar refractivity (Wildman–Crippen MR) is 113 cm³/mol. The molecule has 2 aliphatic heterocycles. The van der Waals surface area contributed by atoms with Crippen LogP contribution in [0, 0.1) is 34.5 Å². The second-order valence-electron chi connectivity index (χ2n) is 11.1. The Morgan fingerprint density at radius 3 is 2.73 bits per heavy atom. The van der Waals surface area contributed by atoms with Crippen LogP contribution in [0.5, 0.6) is 0 Å². The van der Waals surface area contributed by atoms with E-state index in [0.29, 0.717) is 19.4 Å². The lowest BCUT2D eigenvalue weighted by Gasteiger charge is -2.61. The Bertz CT molecular complexity index is 945. The zero-order chi connectivity index (χ0) is 23.2. The smallest absolute Gasteiger partial charge is 0.312 e. The van der Waals surface area contributed by atoms with Crippen molar-refractivity contribution in [3.63, 3.8) is 0 Å².